The summed E-state index contributed by atoms with van der Waals surface area (Å²) < 4.78 is 7.11. The van der Waals surface area contributed by atoms with Crippen LogP contribution in [-0.2, 0) is 6.54 Å². The third kappa shape index (κ3) is 4.58. The van der Waals surface area contributed by atoms with Gasteiger partial charge in [-0.05, 0) is 47.0 Å². The molecular weight excluding hydrogens is 374 g/mol. The van der Waals surface area contributed by atoms with Gasteiger partial charge in [-0.2, -0.15) is 5.10 Å². The van der Waals surface area contributed by atoms with Crippen molar-refractivity contribution in [1.29, 1.82) is 0 Å². The molecule has 0 bridgehead atoms. The van der Waals surface area contributed by atoms with Crippen LogP contribution in [0.1, 0.15) is 33.1 Å². The van der Waals surface area contributed by atoms with Gasteiger partial charge in [0.2, 0.25) is 0 Å². The van der Waals surface area contributed by atoms with Gasteiger partial charge in [0.25, 0.3) is 5.91 Å². The van der Waals surface area contributed by atoms with Gasteiger partial charge in [0, 0.05) is 18.0 Å². The van der Waals surface area contributed by atoms with Gasteiger partial charge >= 0.3 is 0 Å². The third-order valence-electron chi connectivity index (χ3n) is 4.98. The number of ether oxygens (including phenoxy) is 1. The summed E-state index contributed by atoms with van der Waals surface area (Å²) in [5, 5.41) is 7.39. The molecule has 150 valence electrons. The zero-order chi connectivity index (χ0) is 20.8. The minimum atomic E-state index is -0.256. The Kier molecular flexibility index (Phi) is 5.90. The molecule has 1 unspecified atom stereocenters. The van der Waals surface area contributed by atoms with E-state index in [1.165, 1.54) is 0 Å². The Morgan fingerprint density at radius 1 is 0.933 bits per heavy atom. The smallest absolute Gasteiger partial charge is 0.252 e. The molecule has 3 aromatic carbocycles. The number of aromatic nitrogens is 2. The van der Waals surface area contributed by atoms with Crippen molar-refractivity contribution >= 4 is 5.91 Å². The van der Waals surface area contributed by atoms with Gasteiger partial charge in [0.05, 0.1) is 19.7 Å². The molecule has 0 saturated carbocycles. The van der Waals surface area contributed by atoms with Crippen molar-refractivity contribution < 1.29 is 9.53 Å². The van der Waals surface area contributed by atoms with E-state index in [2.05, 4.69) is 10.4 Å². The number of nitrogens with one attached hydrogen (secondary N) is 1. The molecule has 0 aliphatic rings. The van der Waals surface area contributed by atoms with Crippen LogP contribution in [0.25, 0.3) is 0 Å². The molecule has 1 atom stereocenters. The maximum atomic E-state index is 13.0. The Morgan fingerprint density at radius 3 is 2.27 bits per heavy atom. The van der Waals surface area contributed by atoms with Crippen LogP contribution >= 0.6 is 0 Å². The molecule has 4 aromatic rings. The van der Waals surface area contributed by atoms with E-state index in [1.54, 1.807) is 13.3 Å². The highest BCUT2D eigenvalue weighted by atomic mass is 16.5. The SMILES string of the molecule is COc1ccc(C(NC(=O)c2ccc(Cn3cccn3)cc2)c2ccccc2)cc1. The van der Waals surface area contributed by atoms with Gasteiger partial charge in [0.15, 0.2) is 0 Å². The Labute approximate surface area is 175 Å². The summed E-state index contributed by atoms with van der Waals surface area (Å²) >= 11 is 0. The van der Waals surface area contributed by atoms with E-state index in [4.69, 9.17) is 4.74 Å². The number of carbonyl (C=O) groups is 1. The van der Waals surface area contributed by atoms with Crippen molar-refractivity contribution in [3.63, 3.8) is 0 Å². The van der Waals surface area contributed by atoms with Crippen LogP contribution in [0, 0.1) is 0 Å². The van der Waals surface area contributed by atoms with E-state index in [-0.39, 0.29) is 11.9 Å². The first kappa shape index (κ1) is 19.5. The Hall–Kier alpha value is -3.86. The van der Waals surface area contributed by atoms with Gasteiger partial charge < -0.3 is 10.1 Å². The van der Waals surface area contributed by atoms with Crippen molar-refractivity contribution in [2.24, 2.45) is 0 Å². The number of amides is 1. The maximum Gasteiger partial charge on any atom is 0.252 e. The molecule has 0 aliphatic heterocycles. The van der Waals surface area contributed by atoms with Crippen LogP contribution in [0.4, 0.5) is 0 Å². The van der Waals surface area contributed by atoms with E-state index in [1.807, 2.05) is 95.8 Å². The first-order valence-corrected chi connectivity index (χ1v) is 9.79. The van der Waals surface area contributed by atoms with Gasteiger partial charge in [-0.25, -0.2) is 0 Å². The summed E-state index contributed by atoms with van der Waals surface area (Å²) in [5.41, 5.74) is 3.72. The summed E-state index contributed by atoms with van der Waals surface area (Å²) in [6.07, 6.45) is 3.67. The minimum absolute atomic E-state index is 0.120. The highest BCUT2D eigenvalue weighted by molar-refractivity contribution is 5.94. The molecule has 5 nitrogen and oxygen atoms in total. The van der Waals surface area contributed by atoms with Crippen LogP contribution in [0.2, 0.25) is 0 Å². The molecule has 1 aromatic heterocycles. The third-order valence-corrected chi connectivity index (χ3v) is 4.98. The molecule has 4 rings (SSSR count). The molecule has 1 amide bonds. The van der Waals surface area contributed by atoms with Crippen LogP contribution in [0.5, 0.6) is 5.75 Å². The molecule has 0 aliphatic carbocycles. The lowest BCUT2D eigenvalue weighted by molar-refractivity contribution is 0.0943. The standard InChI is InChI=1S/C25H23N3O2/c1-30-23-14-12-21(13-15-23)24(20-6-3-2-4-7-20)27-25(29)22-10-8-19(9-11-22)18-28-17-5-16-26-28/h2-17,24H,18H2,1H3,(H,27,29). The van der Waals surface area contributed by atoms with Crippen LogP contribution in [-0.4, -0.2) is 22.8 Å². The van der Waals surface area contributed by atoms with Crippen molar-refractivity contribution in [1.82, 2.24) is 15.1 Å². The molecule has 5 heteroatoms. The minimum Gasteiger partial charge on any atom is -0.497 e. The van der Waals surface area contributed by atoms with Gasteiger partial charge in [0.1, 0.15) is 5.75 Å². The van der Waals surface area contributed by atoms with E-state index in [0.29, 0.717) is 12.1 Å². The highest BCUT2D eigenvalue weighted by Gasteiger charge is 2.18. The van der Waals surface area contributed by atoms with Gasteiger partial charge in [-0.3, -0.25) is 9.48 Å². The number of methoxy groups -OCH3 is 1. The summed E-state index contributed by atoms with van der Waals surface area (Å²) in [5.74, 6) is 0.662. The van der Waals surface area contributed by atoms with E-state index in [0.717, 1.165) is 22.4 Å². The first-order chi connectivity index (χ1) is 14.7. The molecule has 1 heterocycles. The van der Waals surface area contributed by atoms with Crippen molar-refractivity contribution in [3.05, 3.63) is 120 Å². The Bertz CT molecular complexity index is 1070. The number of hydrogen-bond acceptors (Lipinski definition) is 3. The van der Waals surface area contributed by atoms with Gasteiger partial charge in [-0.1, -0.05) is 54.6 Å². The normalized spacial score (nSPS) is 11.6. The summed E-state index contributed by atoms with van der Waals surface area (Å²) in [6, 6.07) is 27.0. The molecular formula is C25H23N3O2. The predicted octanol–water partition coefficient (Wildman–Crippen LogP) is 4.46. The molecule has 1 N–H and O–H groups in total. The Balaban J connectivity index is 1.54. The lowest BCUT2D eigenvalue weighted by Crippen LogP contribution is -2.29. The topological polar surface area (TPSA) is 56.1 Å². The summed E-state index contributed by atoms with van der Waals surface area (Å²) in [6.45, 7) is 0.674. The fourth-order valence-electron chi connectivity index (χ4n) is 3.36. The van der Waals surface area contributed by atoms with E-state index >= 15 is 0 Å². The predicted molar refractivity (Wildman–Crippen MR) is 117 cm³/mol. The second-order valence-electron chi connectivity index (χ2n) is 6.99. The second-order valence-corrected chi connectivity index (χ2v) is 6.99. The number of hydrogen-bond donors (Lipinski definition) is 1. The largest absolute Gasteiger partial charge is 0.497 e. The van der Waals surface area contributed by atoms with Crippen molar-refractivity contribution in [2.45, 2.75) is 12.6 Å². The molecule has 30 heavy (non-hydrogen) atoms. The average Bonchev–Trinajstić information content (AvgIpc) is 3.31. The molecule has 0 saturated heterocycles. The molecule has 0 spiro atoms. The summed E-state index contributed by atoms with van der Waals surface area (Å²) in [7, 11) is 1.64. The first-order valence-electron chi connectivity index (χ1n) is 9.79. The van der Waals surface area contributed by atoms with Crippen LogP contribution < -0.4 is 10.1 Å². The average molecular weight is 397 g/mol. The quantitative estimate of drug-likeness (QED) is 0.501. The number of nitrogens with zero attached hydrogens (tertiary/aromatic N) is 2. The summed E-state index contributed by atoms with van der Waals surface area (Å²) in [4.78, 5) is 13.0. The Morgan fingerprint density at radius 2 is 1.63 bits per heavy atom. The lowest BCUT2D eigenvalue weighted by atomic mass is 9.98. The number of rotatable bonds is 7. The second kappa shape index (κ2) is 9.09. The zero-order valence-electron chi connectivity index (χ0n) is 16.7. The van der Waals surface area contributed by atoms with E-state index < -0.39 is 0 Å². The number of carbonyl (C=O) groups excluding carboxylic acids is 1. The molecule has 0 fully saturated rings. The zero-order valence-corrected chi connectivity index (χ0v) is 16.7. The fraction of sp³-hybridized carbons (Fsp3) is 0.120. The lowest BCUT2D eigenvalue weighted by Gasteiger charge is -2.20. The maximum absolute atomic E-state index is 13.0. The molecule has 0 radical (unpaired) electrons. The van der Waals surface area contributed by atoms with Crippen molar-refractivity contribution in [2.75, 3.05) is 7.11 Å². The van der Waals surface area contributed by atoms with E-state index in [9.17, 15) is 4.79 Å². The fourth-order valence-corrected chi connectivity index (χ4v) is 3.36. The van der Waals surface area contributed by atoms with Crippen LogP contribution in [0.3, 0.4) is 0 Å². The van der Waals surface area contributed by atoms with Gasteiger partial charge in [-0.15, -0.1) is 0 Å². The van der Waals surface area contributed by atoms with Crippen LogP contribution in [0.15, 0.2) is 97.3 Å². The monoisotopic (exact) mass is 397 g/mol. The van der Waals surface area contributed by atoms with Crippen molar-refractivity contribution in [3.8, 4) is 5.75 Å². The highest BCUT2D eigenvalue weighted by Crippen LogP contribution is 2.24. The number of benzene rings is 3.